The average molecular weight is 250 g/mol. The first-order valence-electron chi connectivity index (χ1n) is 5.01. The molecule has 1 rings (SSSR count). The summed E-state index contributed by atoms with van der Waals surface area (Å²) in [6.07, 6.45) is -5.26. The van der Waals surface area contributed by atoms with Crippen molar-refractivity contribution in [2.75, 3.05) is 18.9 Å². The van der Waals surface area contributed by atoms with Crippen molar-refractivity contribution in [3.63, 3.8) is 0 Å². The van der Waals surface area contributed by atoms with E-state index in [9.17, 15) is 13.2 Å². The van der Waals surface area contributed by atoms with E-state index in [1.807, 2.05) is 0 Å². The Hall–Kier alpha value is -1.66. The second kappa shape index (κ2) is 5.60. The van der Waals surface area contributed by atoms with Crippen LogP contribution in [0.25, 0.3) is 0 Å². The number of rotatable bonds is 5. The third-order valence-electron chi connectivity index (χ3n) is 1.78. The van der Waals surface area contributed by atoms with Crippen molar-refractivity contribution in [1.29, 1.82) is 0 Å². The highest BCUT2D eigenvalue weighted by Gasteiger charge is 2.26. The monoisotopic (exact) mass is 250 g/mol. The Bertz CT molecular complexity index is 369. The van der Waals surface area contributed by atoms with Crippen LogP contribution in [0.2, 0.25) is 0 Å². The first kappa shape index (κ1) is 13.4. The van der Waals surface area contributed by atoms with Gasteiger partial charge < -0.3 is 15.2 Å². The quantitative estimate of drug-likeness (QED) is 0.871. The number of aromatic nitrogens is 1. The summed E-state index contributed by atoms with van der Waals surface area (Å²) in [5.41, 5.74) is 5.87. The van der Waals surface area contributed by atoms with E-state index >= 15 is 0 Å². The molecule has 0 amide bonds. The first-order valence-corrected chi connectivity index (χ1v) is 5.01. The lowest BCUT2D eigenvalue weighted by molar-refractivity contribution is -0.139. The maximum Gasteiger partial charge on any atom is 0.392 e. The highest BCUT2D eigenvalue weighted by atomic mass is 19.4. The van der Waals surface area contributed by atoms with Crippen molar-refractivity contribution in [3.8, 4) is 11.8 Å². The zero-order chi connectivity index (χ0) is 12.9. The van der Waals surface area contributed by atoms with Crippen LogP contribution in [0.1, 0.15) is 13.3 Å². The molecular formula is C10H13F3N2O2. The van der Waals surface area contributed by atoms with E-state index in [4.69, 9.17) is 15.2 Å². The van der Waals surface area contributed by atoms with Crippen LogP contribution in [0.15, 0.2) is 12.1 Å². The van der Waals surface area contributed by atoms with Gasteiger partial charge in [0.2, 0.25) is 11.8 Å². The molecule has 17 heavy (non-hydrogen) atoms. The second-order valence-electron chi connectivity index (χ2n) is 3.19. The highest BCUT2D eigenvalue weighted by Crippen LogP contribution is 2.23. The van der Waals surface area contributed by atoms with Gasteiger partial charge in [0, 0.05) is 6.07 Å². The summed E-state index contributed by atoms with van der Waals surface area (Å²) in [4.78, 5) is 3.84. The molecule has 96 valence electrons. The van der Waals surface area contributed by atoms with E-state index in [2.05, 4.69) is 4.98 Å². The van der Waals surface area contributed by atoms with Crippen LogP contribution < -0.4 is 15.2 Å². The lowest BCUT2D eigenvalue weighted by Crippen LogP contribution is -2.13. The Morgan fingerprint density at radius 1 is 1.29 bits per heavy atom. The maximum atomic E-state index is 11.9. The summed E-state index contributed by atoms with van der Waals surface area (Å²) < 4.78 is 45.6. The van der Waals surface area contributed by atoms with Crippen molar-refractivity contribution < 1.29 is 22.6 Å². The van der Waals surface area contributed by atoms with E-state index < -0.39 is 19.2 Å². The third kappa shape index (κ3) is 4.80. The fourth-order valence-corrected chi connectivity index (χ4v) is 1.04. The molecule has 1 aromatic heterocycles. The number of alkyl halides is 3. The number of pyridine rings is 1. The fourth-order valence-electron chi connectivity index (χ4n) is 1.04. The smallest absolute Gasteiger partial charge is 0.392 e. The minimum Gasteiger partial charge on any atom is -0.477 e. The molecule has 0 aliphatic carbocycles. The Kier molecular flexibility index (Phi) is 4.42. The van der Waals surface area contributed by atoms with Crippen LogP contribution >= 0.6 is 0 Å². The van der Waals surface area contributed by atoms with Gasteiger partial charge in [0.25, 0.3) is 0 Å². The molecule has 0 saturated carbocycles. The van der Waals surface area contributed by atoms with Gasteiger partial charge in [-0.15, -0.1) is 0 Å². The number of nitrogens with zero attached hydrogens (tertiary/aromatic N) is 1. The van der Waals surface area contributed by atoms with Gasteiger partial charge in [-0.2, -0.15) is 18.2 Å². The van der Waals surface area contributed by atoms with Crippen molar-refractivity contribution in [2.24, 2.45) is 0 Å². The summed E-state index contributed by atoms with van der Waals surface area (Å²) in [6.45, 7) is 1.63. The number of halogens is 3. The summed E-state index contributed by atoms with van der Waals surface area (Å²) >= 11 is 0. The zero-order valence-electron chi connectivity index (χ0n) is 9.25. The van der Waals surface area contributed by atoms with Gasteiger partial charge in [-0.1, -0.05) is 0 Å². The number of hydrogen-bond donors (Lipinski definition) is 1. The SMILES string of the molecule is CCOc1nc(OCCC(F)(F)F)ccc1N. The summed E-state index contributed by atoms with van der Waals surface area (Å²) in [5, 5.41) is 0. The predicted molar refractivity (Wildman–Crippen MR) is 56.0 cm³/mol. The largest absolute Gasteiger partial charge is 0.477 e. The minimum absolute atomic E-state index is 0.0619. The van der Waals surface area contributed by atoms with Crippen LogP contribution in [0.4, 0.5) is 18.9 Å². The van der Waals surface area contributed by atoms with Gasteiger partial charge >= 0.3 is 6.18 Å². The van der Waals surface area contributed by atoms with E-state index in [1.54, 1.807) is 6.92 Å². The Morgan fingerprint density at radius 3 is 2.59 bits per heavy atom. The molecule has 0 radical (unpaired) electrons. The number of ether oxygens (including phenoxy) is 2. The lowest BCUT2D eigenvalue weighted by Gasteiger charge is -2.10. The van der Waals surface area contributed by atoms with Crippen LogP contribution in [-0.4, -0.2) is 24.4 Å². The van der Waals surface area contributed by atoms with Gasteiger partial charge in [0.1, 0.15) is 0 Å². The summed E-state index contributed by atoms with van der Waals surface area (Å²) in [6, 6.07) is 2.87. The average Bonchev–Trinajstić information content (AvgIpc) is 2.21. The molecule has 0 atom stereocenters. The topological polar surface area (TPSA) is 57.4 Å². The predicted octanol–water partition coefficient (Wildman–Crippen LogP) is 2.39. The van der Waals surface area contributed by atoms with E-state index in [1.165, 1.54) is 12.1 Å². The molecule has 1 heterocycles. The Balaban J connectivity index is 2.57. The number of nitrogens with two attached hydrogens (primary N) is 1. The molecule has 1 aromatic rings. The molecule has 0 unspecified atom stereocenters. The van der Waals surface area contributed by atoms with Gasteiger partial charge in [-0.25, -0.2) is 0 Å². The van der Waals surface area contributed by atoms with E-state index in [0.29, 0.717) is 12.3 Å². The normalized spacial score (nSPS) is 11.3. The molecule has 2 N–H and O–H groups in total. The van der Waals surface area contributed by atoms with Gasteiger partial charge in [0.05, 0.1) is 25.3 Å². The van der Waals surface area contributed by atoms with Crippen LogP contribution in [0.5, 0.6) is 11.8 Å². The summed E-state index contributed by atoms with van der Waals surface area (Å²) in [5.74, 6) is 0.226. The number of hydrogen-bond acceptors (Lipinski definition) is 4. The molecule has 4 nitrogen and oxygen atoms in total. The van der Waals surface area contributed by atoms with Crippen LogP contribution in [0.3, 0.4) is 0 Å². The highest BCUT2D eigenvalue weighted by molar-refractivity contribution is 5.49. The Morgan fingerprint density at radius 2 is 2.00 bits per heavy atom. The van der Waals surface area contributed by atoms with Crippen LogP contribution in [0, 0.1) is 0 Å². The van der Waals surface area contributed by atoms with Crippen molar-refractivity contribution >= 4 is 5.69 Å². The molecular weight excluding hydrogens is 237 g/mol. The molecule has 0 spiro atoms. The number of anilines is 1. The minimum atomic E-state index is -4.24. The molecule has 0 fully saturated rings. The van der Waals surface area contributed by atoms with Gasteiger partial charge in [-0.3, -0.25) is 0 Å². The van der Waals surface area contributed by atoms with Gasteiger partial charge in [0.15, 0.2) is 0 Å². The fraction of sp³-hybridized carbons (Fsp3) is 0.500. The molecule has 7 heteroatoms. The summed E-state index contributed by atoms with van der Waals surface area (Å²) in [7, 11) is 0. The molecule has 0 saturated heterocycles. The molecule has 0 bridgehead atoms. The van der Waals surface area contributed by atoms with Crippen molar-refractivity contribution in [3.05, 3.63) is 12.1 Å². The maximum absolute atomic E-state index is 11.9. The standard InChI is InChI=1S/C10H13F3N2O2/c1-2-16-9-7(14)3-4-8(15-9)17-6-5-10(11,12)13/h3-4H,2,5-6,14H2,1H3. The van der Waals surface area contributed by atoms with Crippen molar-refractivity contribution in [1.82, 2.24) is 4.98 Å². The zero-order valence-corrected chi connectivity index (χ0v) is 9.25. The van der Waals surface area contributed by atoms with Crippen molar-refractivity contribution in [2.45, 2.75) is 19.5 Å². The molecule has 0 aromatic carbocycles. The van der Waals surface area contributed by atoms with Crippen LogP contribution in [-0.2, 0) is 0 Å². The first-order chi connectivity index (χ1) is 7.92. The molecule has 0 aliphatic heterocycles. The Labute approximate surface area is 96.5 Å². The van der Waals surface area contributed by atoms with E-state index in [0.717, 1.165) is 0 Å². The second-order valence-corrected chi connectivity index (χ2v) is 3.19. The van der Waals surface area contributed by atoms with Gasteiger partial charge in [-0.05, 0) is 13.0 Å². The van der Waals surface area contributed by atoms with E-state index in [-0.39, 0.29) is 11.8 Å². The third-order valence-corrected chi connectivity index (χ3v) is 1.78. The lowest BCUT2D eigenvalue weighted by atomic mass is 10.4. The molecule has 0 aliphatic rings. The number of nitrogen functional groups attached to an aromatic ring is 1.